The third-order valence-electron chi connectivity index (χ3n) is 4.26. The molecular formula is C15H16ClN3O3. The number of Topliss-reactive ketones (excluding diaryl/α,β-unsaturated/α-hetero) is 1. The van der Waals surface area contributed by atoms with Crippen LogP contribution in [0.25, 0.3) is 0 Å². The lowest BCUT2D eigenvalue weighted by Gasteiger charge is -2.36. The number of hydrogen-bond acceptors (Lipinski definition) is 4. The summed E-state index contributed by atoms with van der Waals surface area (Å²) in [5, 5.41) is 5.58. The van der Waals surface area contributed by atoms with Crippen molar-refractivity contribution < 1.29 is 14.4 Å². The SMILES string of the molecule is O=C1NC(=O)C2(CCN(CC(=O)c3ccc(Cl)cc3)CC2)N1. The van der Waals surface area contributed by atoms with Crippen molar-refractivity contribution in [1.82, 2.24) is 15.5 Å². The molecule has 2 fully saturated rings. The van der Waals surface area contributed by atoms with E-state index in [2.05, 4.69) is 10.6 Å². The minimum absolute atomic E-state index is 0.0209. The number of ketones is 1. The number of nitrogens with one attached hydrogen (secondary N) is 2. The topological polar surface area (TPSA) is 78.5 Å². The third-order valence-corrected chi connectivity index (χ3v) is 4.51. The molecule has 0 atom stereocenters. The van der Waals surface area contributed by atoms with Gasteiger partial charge in [0.25, 0.3) is 5.91 Å². The molecule has 0 saturated carbocycles. The van der Waals surface area contributed by atoms with Crippen molar-refractivity contribution in [3.63, 3.8) is 0 Å². The summed E-state index contributed by atoms with van der Waals surface area (Å²) in [4.78, 5) is 37.3. The first-order valence-corrected chi connectivity index (χ1v) is 7.51. The number of likely N-dealkylation sites (tertiary alicyclic amines) is 1. The Kier molecular flexibility index (Phi) is 3.88. The summed E-state index contributed by atoms with van der Waals surface area (Å²) >= 11 is 5.81. The number of carbonyl (C=O) groups is 3. The fraction of sp³-hybridized carbons (Fsp3) is 0.400. The first-order valence-electron chi connectivity index (χ1n) is 7.13. The van der Waals surface area contributed by atoms with Crippen molar-refractivity contribution in [2.75, 3.05) is 19.6 Å². The van der Waals surface area contributed by atoms with E-state index in [1.165, 1.54) is 0 Å². The lowest BCUT2D eigenvalue weighted by Crippen LogP contribution is -2.55. The van der Waals surface area contributed by atoms with Crippen LogP contribution in [-0.4, -0.2) is 47.8 Å². The smallest absolute Gasteiger partial charge is 0.322 e. The Hall–Kier alpha value is -1.92. The molecule has 0 aliphatic carbocycles. The molecule has 116 valence electrons. The Bertz CT molecular complexity index is 621. The first-order chi connectivity index (χ1) is 10.5. The molecule has 2 aliphatic rings. The Morgan fingerprint density at radius 1 is 1.18 bits per heavy atom. The first kappa shape index (κ1) is 15.0. The van der Waals surface area contributed by atoms with Gasteiger partial charge in [0.15, 0.2) is 5.78 Å². The van der Waals surface area contributed by atoms with Crippen LogP contribution in [-0.2, 0) is 4.79 Å². The van der Waals surface area contributed by atoms with Crippen molar-refractivity contribution in [2.24, 2.45) is 0 Å². The van der Waals surface area contributed by atoms with E-state index in [4.69, 9.17) is 11.6 Å². The van der Waals surface area contributed by atoms with Crippen LogP contribution in [0.15, 0.2) is 24.3 Å². The van der Waals surface area contributed by atoms with Gasteiger partial charge in [-0.3, -0.25) is 19.8 Å². The van der Waals surface area contributed by atoms with Crippen LogP contribution in [0.4, 0.5) is 4.79 Å². The van der Waals surface area contributed by atoms with Gasteiger partial charge < -0.3 is 5.32 Å². The van der Waals surface area contributed by atoms with Crippen LogP contribution in [0.3, 0.4) is 0 Å². The van der Waals surface area contributed by atoms with Gasteiger partial charge in [-0.2, -0.15) is 0 Å². The second kappa shape index (κ2) is 5.70. The standard InChI is InChI=1S/C15H16ClN3O3/c16-11-3-1-10(2-4-11)12(20)9-19-7-5-15(6-8-19)13(21)17-14(22)18-15/h1-4H,5-9H2,(H2,17,18,21,22). The monoisotopic (exact) mass is 321 g/mol. The summed E-state index contributed by atoms with van der Waals surface area (Å²) in [7, 11) is 0. The molecule has 1 spiro atoms. The number of benzene rings is 1. The van der Waals surface area contributed by atoms with Gasteiger partial charge in [-0.05, 0) is 37.1 Å². The molecule has 2 aliphatic heterocycles. The fourth-order valence-corrected chi connectivity index (χ4v) is 3.03. The van der Waals surface area contributed by atoms with Gasteiger partial charge in [-0.25, -0.2) is 4.79 Å². The van der Waals surface area contributed by atoms with E-state index < -0.39 is 11.6 Å². The Balaban J connectivity index is 1.58. The van der Waals surface area contributed by atoms with Crippen LogP contribution in [0, 0.1) is 0 Å². The maximum absolute atomic E-state index is 12.2. The Morgan fingerprint density at radius 3 is 2.36 bits per heavy atom. The summed E-state index contributed by atoms with van der Waals surface area (Å²) in [6.45, 7) is 1.48. The second-order valence-electron chi connectivity index (χ2n) is 5.70. The Labute approximate surface area is 132 Å². The highest BCUT2D eigenvalue weighted by atomic mass is 35.5. The predicted octanol–water partition coefficient (Wildman–Crippen LogP) is 1.20. The molecule has 22 heavy (non-hydrogen) atoms. The minimum atomic E-state index is -0.795. The van der Waals surface area contributed by atoms with Gasteiger partial charge >= 0.3 is 6.03 Å². The van der Waals surface area contributed by atoms with Gasteiger partial charge in [0, 0.05) is 23.7 Å². The number of piperidine rings is 1. The number of carbonyl (C=O) groups excluding carboxylic acids is 3. The number of rotatable bonds is 3. The van der Waals surface area contributed by atoms with Crippen LogP contribution in [0.1, 0.15) is 23.2 Å². The summed E-state index contributed by atoms with van der Waals surface area (Å²) in [5.74, 6) is -0.242. The highest BCUT2D eigenvalue weighted by molar-refractivity contribution is 6.30. The number of nitrogens with zero attached hydrogens (tertiary/aromatic N) is 1. The second-order valence-corrected chi connectivity index (χ2v) is 6.13. The van der Waals surface area contributed by atoms with Crippen LogP contribution < -0.4 is 10.6 Å². The van der Waals surface area contributed by atoms with E-state index in [1.54, 1.807) is 24.3 Å². The molecule has 6 nitrogen and oxygen atoms in total. The van der Waals surface area contributed by atoms with Gasteiger partial charge in [0.2, 0.25) is 0 Å². The Morgan fingerprint density at radius 2 is 1.82 bits per heavy atom. The molecule has 2 saturated heterocycles. The number of halogens is 1. The quantitative estimate of drug-likeness (QED) is 0.647. The normalized spacial score (nSPS) is 20.8. The molecule has 7 heteroatoms. The average Bonchev–Trinajstić information content (AvgIpc) is 2.76. The molecule has 1 aromatic carbocycles. The summed E-state index contributed by atoms with van der Waals surface area (Å²) in [6, 6.07) is 6.37. The molecule has 0 radical (unpaired) electrons. The van der Waals surface area contributed by atoms with E-state index in [1.807, 2.05) is 4.90 Å². The van der Waals surface area contributed by atoms with Gasteiger partial charge in [-0.15, -0.1) is 0 Å². The third kappa shape index (κ3) is 2.84. The summed E-state index contributed by atoms with van der Waals surface area (Å²) < 4.78 is 0. The molecule has 0 bridgehead atoms. The molecule has 2 N–H and O–H groups in total. The summed E-state index contributed by atoms with van der Waals surface area (Å²) in [5.41, 5.74) is -0.173. The molecule has 3 rings (SSSR count). The zero-order valence-corrected chi connectivity index (χ0v) is 12.7. The maximum Gasteiger partial charge on any atom is 0.322 e. The van der Waals surface area contributed by atoms with Crippen molar-refractivity contribution in [3.8, 4) is 0 Å². The van der Waals surface area contributed by atoms with Crippen molar-refractivity contribution in [3.05, 3.63) is 34.9 Å². The highest BCUT2D eigenvalue weighted by Gasteiger charge is 2.47. The number of urea groups is 1. The van der Waals surface area contributed by atoms with E-state index in [9.17, 15) is 14.4 Å². The van der Waals surface area contributed by atoms with Gasteiger partial charge in [0.1, 0.15) is 5.54 Å². The van der Waals surface area contributed by atoms with Gasteiger partial charge in [-0.1, -0.05) is 11.6 Å². The van der Waals surface area contributed by atoms with E-state index in [0.717, 1.165) is 0 Å². The van der Waals surface area contributed by atoms with Crippen LogP contribution >= 0.6 is 11.6 Å². The number of amides is 3. The molecule has 0 unspecified atom stereocenters. The van der Waals surface area contributed by atoms with Crippen molar-refractivity contribution in [2.45, 2.75) is 18.4 Å². The van der Waals surface area contributed by atoms with Crippen LogP contribution in [0.2, 0.25) is 5.02 Å². The number of hydrogen-bond donors (Lipinski definition) is 2. The largest absolute Gasteiger partial charge is 0.323 e. The summed E-state index contributed by atoms with van der Waals surface area (Å²) in [6.07, 6.45) is 1.02. The zero-order chi connectivity index (χ0) is 15.7. The lowest BCUT2D eigenvalue weighted by molar-refractivity contribution is -0.125. The fourth-order valence-electron chi connectivity index (χ4n) is 2.90. The molecule has 3 amide bonds. The predicted molar refractivity (Wildman–Crippen MR) is 80.9 cm³/mol. The molecular weight excluding hydrogens is 306 g/mol. The minimum Gasteiger partial charge on any atom is -0.323 e. The van der Waals surface area contributed by atoms with Crippen LogP contribution in [0.5, 0.6) is 0 Å². The van der Waals surface area contributed by atoms with E-state index in [-0.39, 0.29) is 11.7 Å². The van der Waals surface area contributed by atoms with Crippen molar-refractivity contribution >= 4 is 29.3 Å². The van der Waals surface area contributed by atoms with E-state index in [0.29, 0.717) is 43.1 Å². The molecule has 0 aromatic heterocycles. The molecule has 2 heterocycles. The number of imide groups is 1. The van der Waals surface area contributed by atoms with E-state index >= 15 is 0 Å². The highest BCUT2D eigenvalue weighted by Crippen LogP contribution is 2.25. The average molecular weight is 322 g/mol. The molecule has 1 aromatic rings. The lowest BCUT2D eigenvalue weighted by atomic mass is 9.87. The zero-order valence-electron chi connectivity index (χ0n) is 11.9. The maximum atomic E-state index is 12.2. The van der Waals surface area contributed by atoms with Crippen molar-refractivity contribution in [1.29, 1.82) is 0 Å². The van der Waals surface area contributed by atoms with Gasteiger partial charge in [0.05, 0.1) is 6.54 Å².